The molecule has 1 unspecified atom stereocenters. The fourth-order valence-electron chi connectivity index (χ4n) is 2.79. The van der Waals surface area contributed by atoms with E-state index in [0.717, 1.165) is 0 Å². The largest absolute Gasteiger partial charge is 0.480 e. The van der Waals surface area contributed by atoms with Crippen molar-refractivity contribution < 1.29 is 9.90 Å². The number of aromatic nitrogens is 3. The van der Waals surface area contributed by atoms with Crippen molar-refractivity contribution in [2.75, 3.05) is 10.6 Å². The first-order valence-corrected chi connectivity index (χ1v) is 9.51. The molecule has 152 valence electrons. The zero-order valence-corrected chi connectivity index (χ0v) is 17.3. The molecule has 0 radical (unpaired) electrons. The van der Waals surface area contributed by atoms with Crippen LogP contribution in [-0.2, 0) is 11.2 Å². The molecular weight excluding hydrogens is 427 g/mol. The predicted molar refractivity (Wildman–Crippen MR) is 114 cm³/mol. The molecule has 0 saturated carbocycles. The zero-order chi connectivity index (χ0) is 21.8. The van der Waals surface area contributed by atoms with E-state index in [0.29, 0.717) is 26.9 Å². The van der Waals surface area contributed by atoms with E-state index in [-0.39, 0.29) is 24.1 Å². The molecule has 3 aromatic rings. The van der Waals surface area contributed by atoms with Crippen LogP contribution >= 0.6 is 23.2 Å². The summed E-state index contributed by atoms with van der Waals surface area (Å²) in [7, 11) is 0. The Hall–Kier alpha value is -3.41. The van der Waals surface area contributed by atoms with Crippen LogP contribution in [0.15, 0.2) is 42.5 Å². The molecule has 30 heavy (non-hydrogen) atoms. The first-order chi connectivity index (χ1) is 14.3. The quantitative estimate of drug-likeness (QED) is 0.588. The number of nitrogens with two attached hydrogens (primary N) is 1. The number of hydrogen-bond acceptors (Lipinski definition) is 7. The number of nitriles is 1. The molecule has 0 aliphatic carbocycles. The molecule has 1 heterocycles. The molecule has 3 N–H and O–H groups in total. The van der Waals surface area contributed by atoms with Gasteiger partial charge in [-0.05, 0) is 48.9 Å². The molecule has 10 heteroatoms. The van der Waals surface area contributed by atoms with Gasteiger partial charge in [-0.3, -0.25) is 4.90 Å². The number of benzene rings is 2. The number of aliphatic carboxylic acids is 1. The molecule has 8 nitrogen and oxygen atoms in total. The summed E-state index contributed by atoms with van der Waals surface area (Å²) in [4.78, 5) is 25.8. The number of nitrogens with zero attached hydrogens (tertiary/aromatic N) is 5. The van der Waals surface area contributed by atoms with Crippen LogP contribution in [0.3, 0.4) is 0 Å². The van der Waals surface area contributed by atoms with Gasteiger partial charge in [0.05, 0.1) is 11.6 Å². The number of carbonyl (C=O) groups is 1. The highest BCUT2D eigenvalue weighted by Crippen LogP contribution is 2.29. The number of halogens is 2. The Kier molecular flexibility index (Phi) is 6.35. The Labute approximate surface area is 182 Å². The number of anilines is 3. The van der Waals surface area contributed by atoms with Crippen molar-refractivity contribution in [1.82, 2.24) is 15.0 Å². The van der Waals surface area contributed by atoms with Crippen LogP contribution in [0.25, 0.3) is 0 Å². The third-order valence-electron chi connectivity index (χ3n) is 4.32. The van der Waals surface area contributed by atoms with Gasteiger partial charge in [0.25, 0.3) is 0 Å². The fourth-order valence-corrected chi connectivity index (χ4v) is 3.32. The molecule has 3 rings (SSSR count). The smallest absolute Gasteiger partial charge is 0.326 e. The van der Waals surface area contributed by atoms with E-state index in [1.54, 1.807) is 42.5 Å². The predicted octanol–water partition coefficient (Wildman–Crippen LogP) is 3.83. The molecule has 0 aliphatic rings. The van der Waals surface area contributed by atoms with E-state index in [1.807, 2.05) is 6.07 Å². The van der Waals surface area contributed by atoms with Gasteiger partial charge in [-0.15, -0.1) is 0 Å². The Morgan fingerprint density at radius 2 is 1.80 bits per heavy atom. The topological polar surface area (TPSA) is 129 Å². The first kappa shape index (κ1) is 21.3. The van der Waals surface area contributed by atoms with Gasteiger partial charge < -0.3 is 10.8 Å². The lowest BCUT2D eigenvalue weighted by Gasteiger charge is -2.27. The average molecular weight is 443 g/mol. The molecule has 0 fully saturated rings. The summed E-state index contributed by atoms with van der Waals surface area (Å²) >= 11 is 12.5. The van der Waals surface area contributed by atoms with Gasteiger partial charge in [-0.1, -0.05) is 29.3 Å². The summed E-state index contributed by atoms with van der Waals surface area (Å²) in [5.74, 6) is -0.826. The first-order valence-electron chi connectivity index (χ1n) is 8.75. The molecule has 0 amide bonds. The number of carboxylic acid groups (broad SMARTS) is 1. The van der Waals surface area contributed by atoms with Crippen molar-refractivity contribution in [3.63, 3.8) is 0 Å². The van der Waals surface area contributed by atoms with Crippen molar-refractivity contribution in [1.29, 1.82) is 5.26 Å². The normalized spacial score (nSPS) is 11.5. The van der Waals surface area contributed by atoms with Crippen molar-refractivity contribution in [3.8, 4) is 6.07 Å². The maximum atomic E-state index is 11.7. The van der Waals surface area contributed by atoms with E-state index < -0.39 is 12.0 Å². The van der Waals surface area contributed by atoms with E-state index >= 15 is 0 Å². The Morgan fingerprint density at radius 1 is 1.17 bits per heavy atom. The van der Waals surface area contributed by atoms with Crippen molar-refractivity contribution in [2.24, 2.45) is 0 Å². The summed E-state index contributed by atoms with van der Waals surface area (Å²) < 4.78 is 0. The third kappa shape index (κ3) is 4.59. The van der Waals surface area contributed by atoms with Gasteiger partial charge >= 0.3 is 5.97 Å². The van der Waals surface area contributed by atoms with Gasteiger partial charge in [0.1, 0.15) is 11.9 Å². The summed E-state index contributed by atoms with van der Waals surface area (Å²) in [5.41, 5.74) is 7.42. The second-order valence-corrected chi connectivity index (χ2v) is 7.14. The van der Waals surface area contributed by atoms with Crippen LogP contribution in [0.5, 0.6) is 0 Å². The molecule has 0 aliphatic heterocycles. The van der Waals surface area contributed by atoms with Crippen molar-refractivity contribution in [3.05, 3.63) is 69.5 Å². The van der Waals surface area contributed by atoms with Gasteiger partial charge in [-0.2, -0.15) is 20.2 Å². The van der Waals surface area contributed by atoms with Crippen LogP contribution in [0.4, 0.5) is 17.6 Å². The molecule has 2 aromatic carbocycles. The maximum Gasteiger partial charge on any atom is 0.326 e. The highest BCUT2D eigenvalue weighted by Gasteiger charge is 2.26. The highest BCUT2D eigenvalue weighted by atomic mass is 35.5. The summed E-state index contributed by atoms with van der Waals surface area (Å²) in [6.07, 6.45) is 0.181. The van der Waals surface area contributed by atoms with Crippen LogP contribution in [0, 0.1) is 11.3 Å². The highest BCUT2D eigenvalue weighted by molar-refractivity contribution is 6.36. The minimum atomic E-state index is -1.09. The standard InChI is InChI=1S/C20H16Cl2N6O2/c1-11(18(29)30)28(13-7-5-12(10-23)6-8-13)20-26-17(25-19(24)27-20)9-14-15(21)3-2-4-16(14)22/h2-8,11H,9H2,1H3,(H,29,30)(H2,24,25,26,27). The molecular formula is C20H16Cl2N6O2. The van der Waals surface area contributed by atoms with Gasteiger partial charge in [0, 0.05) is 22.2 Å². The van der Waals surface area contributed by atoms with Crippen LogP contribution in [0.2, 0.25) is 10.0 Å². The van der Waals surface area contributed by atoms with E-state index in [1.165, 1.54) is 11.8 Å². The lowest BCUT2D eigenvalue weighted by Crippen LogP contribution is -2.37. The average Bonchev–Trinajstić information content (AvgIpc) is 2.71. The number of hydrogen-bond donors (Lipinski definition) is 2. The van der Waals surface area contributed by atoms with E-state index in [4.69, 9.17) is 34.2 Å². The Balaban J connectivity index is 2.07. The van der Waals surface area contributed by atoms with E-state index in [2.05, 4.69) is 15.0 Å². The SMILES string of the molecule is CC(C(=O)O)N(c1ccc(C#N)cc1)c1nc(N)nc(Cc2c(Cl)cccc2Cl)n1. The van der Waals surface area contributed by atoms with Crippen LogP contribution < -0.4 is 10.6 Å². The lowest BCUT2D eigenvalue weighted by molar-refractivity contribution is -0.138. The maximum absolute atomic E-state index is 11.7. The minimum Gasteiger partial charge on any atom is -0.480 e. The summed E-state index contributed by atoms with van der Waals surface area (Å²) in [6, 6.07) is 12.5. The molecule has 0 saturated heterocycles. The molecule has 1 aromatic heterocycles. The Bertz CT molecular complexity index is 1110. The number of carboxylic acids is 1. The second kappa shape index (κ2) is 8.95. The Morgan fingerprint density at radius 3 is 2.37 bits per heavy atom. The van der Waals surface area contributed by atoms with Gasteiger partial charge in [0.15, 0.2) is 0 Å². The van der Waals surface area contributed by atoms with E-state index in [9.17, 15) is 9.90 Å². The van der Waals surface area contributed by atoms with Crippen molar-refractivity contribution >= 4 is 46.8 Å². The summed E-state index contributed by atoms with van der Waals surface area (Å²) in [6.45, 7) is 1.49. The zero-order valence-electron chi connectivity index (χ0n) is 15.8. The number of nitrogen functional groups attached to an aromatic ring is 1. The second-order valence-electron chi connectivity index (χ2n) is 6.33. The van der Waals surface area contributed by atoms with Gasteiger partial charge in [0.2, 0.25) is 11.9 Å². The van der Waals surface area contributed by atoms with Crippen LogP contribution in [-0.4, -0.2) is 32.1 Å². The van der Waals surface area contributed by atoms with Crippen molar-refractivity contribution in [2.45, 2.75) is 19.4 Å². The fraction of sp³-hybridized carbons (Fsp3) is 0.150. The van der Waals surface area contributed by atoms with Crippen LogP contribution in [0.1, 0.15) is 23.9 Å². The molecule has 0 bridgehead atoms. The minimum absolute atomic E-state index is 0.0558. The monoisotopic (exact) mass is 442 g/mol. The lowest BCUT2D eigenvalue weighted by atomic mass is 10.1. The third-order valence-corrected chi connectivity index (χ3v) is 5.03. The molecule has 0 spiro atoms. The summed E-state index contributed by atoms with van der Waals surface area (Å²) in [5, 5.41) is 19.5. The number of rotatable bonds is 6. The van der Waals surface area contributed by atoms with Gasteiger partial charge in [-0.25, -0.2) is 4.79 Å². The molecule has 1 atom stereocenters.